The molecule has 3 heterocycles. The molecule has 5 heteroatoms. The SMILES string of the molecule is Nc1cn2c3c(ncnc13)N=CCC2. The van der Waals surface area contributed by atoms with Crippen LogP contribution in [0.15, 0.2) is 17.5 Å². The fourth-order valence-corrected chi connectivity index (χ4v) is 1.76. The number of aryl methyl sites for hydroxylation is 1. The lowest BCUT2D eigenvalue weighted by molar-refractivity contribution is 0.766. The average Bonchev–Trinajstić information content (AvgIpc) is 2.41. The smallest absolute Gasteiger partial charge is 0.179 e. The molecule has 2 N–H and O–H groups in total. The van der Waals surface area contributed by atoms with Gasteiger partial charge in [-0.3, -0.25) is 0 Å². The van der Waals surface area contributed by atoms with Crippen molar-refractivity contribution < 1.29 is 0 Å². The predicted octanol–water partition coefficient (Wildman–Crippen LogP) is 1.12. The molecule has 0 aromatic carbocycles. The second kappa shape index (κ2) is 2.54. The highest BCUT2D eigenvalue weighted by atomic mass is 15.1. The van der Waals surface area contributed by atoms with Gasteiger partial charge in [-0.2, -0.15) is 0 Å². The lowest BCUT2D eigenvalue weighted by Gasteiger charge is -1.99. The molecule has 1 aliphatic rings. The topological polar surface area (TPSA) is 69.1 Å². The standard InChI is InChI=1S/C9H9N5/c10-6-4-14-3-1-2-11-9-8(14)7(6)12-5-13-9/h2,4-5H,1,3,10H2. The van der Waals surface area contributed by atoms with E-state index in [4.69, 9.17) is 5.73 Å². The normalized spacial score (nSPS) is 14.6. The van der Waals surface area contributed by atoms with Gasteiger partial charge in [0, 0.05) is 25.4 Å². The maximum absolute atomic E-state index is 5.84. The van der Waals surface area contributed by atoms with Gasteiger partial charge in [-0.15, -0.1) is 0 Å². The minimum Gasteiger partial charge on any atom is -0.396 e. The summed E-state index contributed by atoms with van der Waals surface area (Å²) in [6.07, 6.45) is 6.18. The highest BCUT2D eigenvalue weighted by molar-refractivity contribution is 5.95. The maximum Gasteiger partial charge on any atom is 0.179 e. The molecule has 0 spiro atoms. The first-order valence-electron chi connectivity index (χ1n) is 4.48. The van der Waals surface area contributed by atoms with Gasteiger partial charge in [0.15, 0.2) is 5.82 Å². The molecule has 0 fully saturated rings. The van der Waals surface area contributed by atoms with E-state index in [1.54, 1.807) is 0 Å². The first-order chi connectivity index (χ1) is 6.86. The van der Waals surface area contributed by atoms with Crippen LogP contribution in [0.1, 0.15) is 6.42 Å². The molecule has 14 heavy (non-hydrogen) atoms. The third-order valence-electron chi connectivity index (χ3n) is 2.37. The molecule has 2 aromatic rings. The number of hydrogen-bond acceptors (Lipinski definition) is 4. The molecule has 5 nitrogen and oxygen atoms in total. The maximum atomic E-state index is 5.84. The Hall–Kier alpha value is -1.91. The lowest BCUT2D eigenvalue weighted by Crippen LogP contribution is -1.94. The molecule has 0 atom stereocenters. The Morgan fingerprint density at radius 1 is 1.36 bits per heavy atom. The first kappa shape index (κ1) is 7.49. The number of nitrogen functional groups attached to an aromatic ring is 1. The van der Waals surface area contributed by atoms with Crippen molar-refractivity contribution in [3.63, 3.8) is 0 Å². The van der Waals surface area contributed by atoms with E-state index in [1.165, 1.54) is 6.33 Å². The number of aromatic nitrogens is 3. The molecule has 0 amide bonds. The summed E-state index contributed by atoms with van der Waals surface area (Å²) in [5, 5.41) is 0. The Labute approximate surface area is 80.3 Å². The van der Waals surface area contributed by atoms with E-state index >= 15 is 0 Å². The predicted molar refractivity (Wildman–Crippen MR) is 54.7 cm³/mol. The van der Waals surface area contributed by atoms with Crippen molar-refractivity contribution in [2.75, 3.05) is 5.73 Å². The number of anilines is 1. The van der Waals surface area contributed by atoms with E-state index in [0.29, 0.717) is 11.5 Å². The molecule has 0 aliphatic carbocycles. The third kappa shape index (κ3) is 0.863. The number of hydrogen-bond donors (Lipinski definition) is 1. The molecule has 0 bridgehead atoms. The van der Waals surface area contributed by atoms with Crippen molar-refractivity contribution in [3.05, 3.63) is 12.5 Å². The minimum atomic E-state index is 0.695. The summed E-state index contributed by atoms with van der Waals surface area (Å²) < 4.78 is 2.06. The molecule has 0 saturated carbocycles. The Kier molecular flexibility index (Phi) is 1.36. The van der Waals surface area contributed by atoms with E-state index in [2.05, 4.69) is 19.5 Å². The van der Waals surface area contributed by atoms with Crippen molar-refractivity contribution in [1.82, 2.24) is 14.5 Å². The van der Waals surface area contributed by atoms with Crippen LogP contribution in [0.4, 0.5) is 11.5 Å². The second-order valence-corrected chi connectivity index (χ2v) is 3.27. The van der Waals surface area contributed by atoms with Gasteiger partial charge in [0.1, 0.15) is 17.4 Å². The zero-order valence-corrected chi connectivity index (χ0v) is 7.51. The molecule has 0 saturated heterocycles. The molecule has 3 rings (SSSR count). The van der Waals surface area contributed by atoms with Crippen LogP contribution in [-0.4, -0.2) is 20.7 Å². The quantitative estimate of drug-likeness (QED) is 0.671. The monoisotopic (exact) mass is 187 g/mol. The van der Waals surface area contributed by atoms with Crippen molar-refractivity contribution >= 4 is 28.8 Å². The van der Waals surface area contributed by atoms with Crippen molar-refractivity contribution in [2.24, 2.45) is 4.99 Å². The van der Waals surface area contributed by atoms with Crippen LogP contribution in [0.25, 0.3) is 11.0 Å². The van der Waals surface area contributed by atoms with E-state index in [0.717, 1.165) is 24.0 Å². The fraction of sp³-hybridized carbons (Fsp3) is 0.222. The highest BCUT2D eigenvalue weighted by Crippen LogP contribution is 2.29. The van der Waals surface area contributed by atoms with E-state index in [9.17, 15) is 0 Å². The lowest BCUT2D eigenvalue weighted by atomic mass is 10.4. The van der Waals surface area contributed by atoms with Gasteiger partial charge in [-0.05, 0) is 0 Å². The van der Waals surface area contributed by atoms with Crippen LogP contribution in [0, 0.1) is 0 Å². The molecular formula is C9H9N5. The fourth-order valence-electron chi connectivity index (χ4n) is 1.76. The second-order valence-electron chi connectivity index (χ2n) is 3.27. The summed E-state index contributed by atoms with van der Waals surface area (Å²) in [6, 6.07) is 0. The van der Waals surface area contributed by atoms with Crippen LogP contribution in [-0.2, 0) is 6.54 Å². The number of aliphatic imine (C=N–C) groups is 1. The van der Waals surface area contributed by atoms with Crippen LogP contribution in [0.2, 0.25) is 0 Å². The number of rotatable bonds is 0. The minimum absolute atomic E-state index is 0.695. The average molecular weight is 187 g/mol. The zero-order chi connectivity index (χ0) is 9.54. The van der Waals surface area contributed by atoms with Crippen LogP contribution >= 0.6 is 0 Å². The number of nitrogens with two attached hydrogens (primary N) is 1. The Balaban J connectivity index is 2.50. The van der Waals surface area contributed by atoms with E-state index in [1.807, 2.05) is 12.4 Å². The third-order valence-corrected chi connectivity index (χ3v) is 2.37. The van der Waals surface area contributed by atoms with Gasteiger partial charge in [-0.1, -0.05) is 0 Å². The van der Waals surface area contributed by atoms with Gasteiger partial charge >= 0.3 is 0 Å². The zero-order valence-electron chi connectivity index (χ0n) is 7.51. The van der Waals surface area contributed by atoms with Gasteiger partial charge in [0.2, 0.25) is 0 Å². The van der Waals surface area contributed by atoms with Gasteiger partial charge in [0.05, 0.1) is 5.69 Å². The summed E-state index contributed by atoms with van der Waals surface area (Å²) in [5.74, 6) is 0.712. The Morgan fingerprint density at radius 3 is 3.21 bits per heavy atom. The summed E-state index contributed by atoms with van der Waals surface area (Å²) in [6.45, 7) is 0.886. The summed E-state index contributed by atoms with van der Waals surface area (Å²) in [5.41, 5.74) is 8.28. The molecule has 2 aromatic heterocycles. The van der Waals surface area contributed by atoms with Crippen LogP contribution in [0.3, 0.4) is 0 Å². The summed E-state index contributed by atoms with van der Waals surface area (Å²) >= 11 is 0. The van der Waals surface area contributed by atoms with Crippen LogP contribution < -0.4 is 5.73 Å². The summed E-state index contributed by atoms with van der Waals surface area (Å²) in [4.78, 5) is 12.5. The van der Waals surface area contributed by atoms with Crippen molar-refractivity contribution in [1.29, 1.82) is 0 Å². The molecular weight excluding hydrogens is 178 g/mol. The van der Waals surface area contributed by atoms with Gasteiger partial charge in [0.25, 0.3) is 0 Å². The van der Waals surface area contributed by atoms with E-state index < -0.39 is 0 Å². The van der Waals surface area contributed by atoms with Gasteiger partial charge < -0.3 is 10.3 Å². The molecule has 0 unspecified atom stereocenters. The molecule has 1 aliphatic heterocycles. The van der Waals surface area contributed by atoms with Gasteiger partial charge in [-0.25, -0.2) is 15.0 Å². The highest BCUT2D eigenvalue weighted by Gasteiger charge is 2.13. The molecule has 0 radical (unpaired) electrons. The van der Waals surface area contributed by atoms with Crippen molar-refractivity contribution in [3.8, 4) is 0 Å². The summed E-state index contributed by atoms with van der Waals surface area (Å²) in [7, 11) is 0. The first-order valence-corrected chi connectivity index (χ1v) is 4.48. The van der Waals surface area contributed by atoms with Crippen LogP contribution in [0.5, 0.6) is 0 Å². The van der Waals surface area contributed by atoms with E-state index in [-0.39, 0.29) is 0 Å². The number of nitrogens with zero attached hydrogens (tertiary/aromatic N) is 4. The Bertz CT molecular complexity index is 525. The van der Waals surface area contributed by atoms with Crippen molar-refractivity contribution in [2.45, 2.75) is 13.0 Å². The Morgan fingerprint density at radius 2 is 2.29 bits per heavy atom. The molecule has 70 valence electrons. The largest absolute Gasteiger partial charge is 0.396 e.